The number of rotatable bonds is 5. The number of nitrogen functional groups attached to an aromatic ring is 1. The number of anilines is 2. The van der Waals surface area contributed by atoms with Gasteiger partial charge in [-0.25, -0.2) is 0 Å². The van der Waals surface area contributed by atoms with Crippen molar-refractivity contribution in [3.8, 4) is 5.88 Å². The number of nitrogens with two attached hydrogens (primary N) is 1. The van der Waals surface area contributed by atoms with Crippen molar-refractivity contribution in [3.05, 3.63) is 12.1 Å². The Bertz CT molecular complexity index is 361. The summed E-state index contributed by atoms with van der Waals surface area (Å²) in [5.74, 6) is 2.20. The molecule has 0 atom stereocenters. The minimum atomic E-state index is 0.0912. The summed E-state index contributed by atoms with van der Waals surface area (Å²) in [5, 5.41) is 3.30. The van der Waals surface area contributed by atoms with Crippen LogP contribution in [-0.4, -0.2) is 17.6 Å². The van der Waals surface area contributed by atoms with Crippen LogP contribution in [0.15, 0.2) is 12.1 Å². The van der Waals surface area contributed by atoms with Gasteiger partial charge in [0, 0.05) is 6.54 Å². The number of nitrogens with one attached hydrogen (secondary N) is 1. The highest BCUT2D eigenvalue weighted by atomic mass is 16.5. The third kappa shape index (κ3) is 3.02. The molecule has 88 valence electrons. The lowest BCUT2D eigenvalue weighted by Gasteiger charge is -2.12. The highest BCUT2D eigenvalue weighted by Gasteiger charge is 2.20. The van der Waals surface area contributed by atoms with Crippen LogP contribution in [0, 0.1) is 5.92 Å². The Hall–Kier alpha value is -1.45. The number of nitrogens with zero attached hydrogens (tertiary/aromatic N) is 1. The molecule has 0 aliphatic heterocycles. The van der Waals surface area contributed by atoms with E-state index >= 15 is 0 Å². The quantitative estimate of drug-likeness (QED) is 0.800. The second-order valence-electron chi connectivity index (χ2n) is 4.58. The van der Waals surface area contributed by atoms with Crippen LogP contribution in [0.3, 0.4) is 0 Å². The predicted octanol–water partition coefficient (Wildman–Crippen LogP) is 2.27. The second-order valence-corrected chi connectivity index (χ2v) is 4.58. The SMILES string of the molecule is CC(C)Oc1nc(NCC2CC2)ccc1N. The number of hydrogen-bond donors (Lipinski definition) is 2. The molecule has 16 heavy (non-hydrogen) atoms. The lowest BCUT2D eigenvalue weighted by atomic mass is 10.3. The molecule has 0 amide bonds. The Balaban J connectivity index is 2.01. The maximum absolute atomic E-state index is 5.79. The van der Waals surface area contributed by atoms with Gasteiger partial charge >= 0.3 is 0 Å². The number of ether oxygens (including phenoxy) is 1. The minimum absolute atomic E-state index is 0.0912. The van der Waals surface area contributed by atoms with Crippen LogP contribution in [0.4, 0.5) is 11.5 Å². The molecule has 1 heterocycles. The van der Waals surface area contributed by atoms with E-state index in [1.54, 1.807) is 0 Å². The van der Waals surface area contributed by atoms with Gasteiger partial charge in [-0.3, -0.25) is 0 Å². The van der Waals surface area contributed by atoms with Crippen LogP contribution >= 0.6 is 0 Å². The molecule has 1 fully saturated rings. The van der Waals surface area contributed by atoms with Crippen LogP contribution in [0.5, 0.6) is 5.88 Å². The average Bonchev–Trinajstić information content (AvgIpc) is 3.02. The Kier molecular flexibility index (Phi) is 3.17. The van der Waals surface area contributed by atoms with Crippen LogP contribution in [0.25, 0.3) is 0 Å². The molecule has 1 aliphatic carbocycles. The Morgan fingerprint density at radius 1 is 1.50 bits per heavy atom. The van der Waals surface area contributed by atoms with Gasteiger partial charge in [0.1, 0.15) is 5.82 Å². The van der Waals surface area contributed by atoms with Crippen molar-refractivity contribution in [1.82, 2.24) is 4.98 Å². The van der Waals surface area contributed by atoms with Crippen LogP contribution in [0.1, 0.15) is 26.7 Å². The van der Waals surface area contributed by atoms with Gasteiger partial charge in [-0.2, -0.15) is 4.98 Å². The van der Waals surface area contributed by atoms with Crippen molar-refractivity contribution in [2.75, 3.05) is 17.6 Å². The van der Waals surface area contributed by atoms with E-state index in [9.17, 15) is 0 Å². The molecule has 0 bridgehead atoms. The number of hydrogen-bond acceptors (Lipinski definition) is 4. The minimum Gasteiger partial charge on any atom is -0.473 e. The van der Waals surface area contributed by atoms with E-state index in [2.05, 4.69) is 10.3 Å². The first-order chi connectivity index (χ1) is 7.65. The molecule has 1 aromatic rings. The molecule has 1 aromatic heterocycles. The Labute approximate surface area is 96.2 Å². The maximum Gasteiger partial charge on any atom is 0.239 e. The van der Waals surface area contributed by atoms with Crippen molar-refractivity contribution in [2.45, 2.75) is 32.8 Å². The zero-order valence-electron chi connectivity index (χ0n) is 9.86. The molecule has 1 aliphatic rings. The summed E-state index contributed by atoms with van der Waals surface area (Å²) in [5.41, 5.74) is 6.38. The molecule has 1 saturated carbocycles. The van der Waals surface area contributed by atoms with Crippen molar-refractivity contribution < 1.29 is 4.74 Å². The van der Waals surface area contributed by atoms with Crippen molar-refractivity contribution in [2.24, 2.45) is 5.92 Å². The van der Waals surface area contributed by atoms with Gasteiger partial charge in [-0.15, -0.1) is 0 Å². The predicted molar refractivity (Wildman–Crippen MR) is 65.6 cm³/mol. The normalized spacial score (nSPS) is 15.2. The molecule has 2 rings (SSSR count). The number of aromatic nitrogens is 1. The second kappa shape index (κ2) is 4.60. The highest BCUT2D eigenvalue weighted by molar-refractivity contribution is 5.53. The van der Waals surface area contributed by atoms with Gasteiger partial charge < -0.3 is 15.8 Å². The third-order valence-corrected chi connectivity index (χ3v) is 2.51. The fourth-order valence-electron chi connectivity index (χ4n) is 1.44. The van der Waals surface area contributed by atoms with Crippen LogP contribution < -0.4 is 15.8 Å². The third-order valence-electron chi connectivity index (χ3n) is 2.51. The van der Waals surface area contributed by atoms with Crippen LogP contribution in [0.2, 0.25) is 0 Å². The molecular weight excluding hydrogens is 202 g/mol. The Morgan fingerprint density at radius 3 is 2.88 bits per heavy atom. The van der Waals surface area contributed by atoms with E-state index < -0.39 is 0 Å². The molecule has 4 nitrogen and oxygen atoms in total. The fourth-order valence-corrected chi connectivity index (χ4v) is 1.44. The first-order valence-corrected chi connectivity index (χ1v) is 5.82. The zero-order valence-corrected chi connectivity index (χ0v) is 9.86. The zero-order chi connectivity index (χ0) is 11.5. The molecule has 4 heteroatoms. The lowest BCUT2D eigenvalue weighted by Crippen LogP contribution is -2.11. The summed E-state index contributed by atoms with van der Waals surface area (Å²) in [6.45, 7) is 4.93. The molecule has 3 N–H and O–H groups in total. The molecule has 0 unspecified atom stereocenters. The molecule has 0 saturated heterocycles. The van der Waals surface area contributed by atoms with E-state index in [4.69, 9.17) is 10.5 Å². The van der Waals surface area contributed by atoms with Crippen molar-refractivity contribution in [1.29, 1.82) is 0 Å². The van der Waals surface area contributed by atoms with Gasteiger partial charge in [-0.05, 0) is 44.7 Å². The van der Waals surface area contributed by atoms with E-state index in [1.807, 2.05) is 26.0 Å². The summed E-state index contributed by atoms with van der Waals surface area (Å²) in [6, 6.07) is 3.73. The lowest BCUT2D eigenvalue weighted by molar-refractivity contribution is 0.234. The van der Waals surface area contributed by atoms with Gasteiger partial charge in [-0.1, -0.05) is 0 Å². The molecular formula is C12H19N3O. The van der Waals surface area contributed by atoms with Crippen molar-refractivity contribution >= 4 is 11.5 Å². The highest BCUT2D eigenvalue weighted by Crippen LogP contribution is 2.29. The average molecular weight is 221 g/mol. The summed E-state index contributed by atoms with van der Waals surface area (Å²) in [7, 11) is 0. The summed E-state index contributed by atoms with van der Waals surface area (Å²) in [6.07, 6.45) is 2.75. The van der Waals surface area contributed by atoms with Gasteiger partial charge in [0.15, 0.2) is 0 Å². The summed E-state index contributed by atoms with van der Waals surface area (Å²) < 4.78 is 5.53. The standard InChI is InChI=1S/C12H19N3O/c1-8(2)16-12-10(13)5-6-11(15-12)14-7-9-3-4-9/h5-6,8-9H,3-4,7,13H2,1-2H3,(H,14,15). The van der Waals surface area contributed by atoms with Crippen molar-refractivity contribution in [3.63, 3.8) is 0 Å². The summed E-state index contributed by atoms with van der Waals surface area (Å²) in [4.78, 5) is 4.35. The van der Waals surface area contributed by atoms with Crippen LogP contribution in [-0.2, 0) is 0 Å². The largest absolute Gasteiger partial charge is 0.473 e. The fraction of sp³-hybridized carbons (Fsp3) is 0.583. The first kappa shape index (κ1) is 11.0. The molecule has 0 spiro atoms. The van der Waals surface area contributed by atoms with E-state index in [-0.39, 0.29) is 6.10 Å². The Morgan fingerprint density at radius 2 is 2.25 bits per heavy atom. The topological polar surface area (TPSA) is 60.2 Å². The number of pyridine rings is 1. The smallest absolute Gasteiger partial charge is 0.239 e. The van der Waals surface area contributed by atoms with Gasteiger partial charge in [0.25, 0.3) is 0 Å². The maximum atomic E-state index is 5.79. The van der Waals surface area contributed by atoms with E-state index in [1.165, 1.54) is 12.8 Å². The molecule has 0 aromatic carbocycles. The van der Waals surface area contributed by atoms with Gasteiger partial charge in [0.05, 0.1) is 11.8 Å². The van der Waals surface area contributed by atoms with E-state index in [0.717, 1.165) is 18.3 Å². The van der Waals surface area contributed by atoms with E-state index in [0.29, 0.717) is 11.6 Å². The monoisotopic (exact) mass is 221 g/mol. The summed E-state index contributed by atoms with van der Waals surface area (Å²) >= 11 is 0. The van der Waals surface area contributed by atoms with Gasteiger partial charge in [0.2, 0.25) is 5.88 Å². The first-order valence-electron chi connectivity index (χ1n) is 5.82. The molecule has 0 radical (unpaired) electrons.